The monoisotopic (exact) mass is 475 g/mol. The van der Waals surface area contributed by atoms with Gasteiger partial charge >= 0.3 is 12.0 Å². The molecule has 11 nitrogen and oxygen atoms in total. The van der Waals surface area contributed by atoms with Crippen molar-refractivity contribution in [2.75, 3.05) is 36.0 Å². The van der Waals surface area contributed by atoms with Gasteiger partial charge in [-0.2, -0.15) is 0 Å². The zero-order valence-electron chi connectivity index (χ0n) is 18.7. The van der Waals surface area contributed by atoms with E-state index >= 15 is 0 Å². The molecule has 2 saturated heterocycles. The quantitative estimate of drug-likeness (QED) is 0.440. The maximum absolute atomic E-state index is 14.9. The number of carbonyl (C=O) groups excluding carboxylic acids is 2. The molecular weight excluding hydrogens is 449 g/mol. The first-order valence-electron chi connectivity index (χ1n) is 11.0. The molecule has 1 aromatic heterocycles. The summed E-state index contributed by atoms with van der Waals surface area (Å²) in [4.78, 5) is 36.7. The minimum Gasteiger partial charge on any atom is -0.442 e. The van der Waals surface area contributed by atoms with E-state index in [0.29, 0.717) is 36.8 Å². The molecule has 2 aromatic rings. The molecule has 0 saturated carbocycles. The average molecular weight is 475 g/mol. The van der Waals surface area contributed by atoms with Gasteiger partial charge in [0, 0.05) is 26.1 Å². The number of amides is 2. The van der Waals surface area contributed by atoms with Crippen LogP contribution in [0.15, 0.2) is 34.7 Å². The van der Waals surface area contributed by atoms with Gasteiger partial charge in [0.2, 0.25) is 5.91 Å². The zero-order valence-corrected chi connectivity index (χ0v) is 18.7. The summed E-state index contributed by atoms with van der Waals surface area (Å²) in [6.45, 7) is 3.48. The van der Waals surface area contributed by atoms with Crippen LogP contribution in [-0.2, 0) is 16.1 Å². The summed E-state index contributed by atoms with van der Waals surface area (Å²) in [5.74, 6) is -0.426. The molecule has 34 heavy (non-hydrogen) atoms. The minimum atomic E-state index is -0.573. The van der Waals surface area contributed by atoms with Gasteiger partial charge in [-0.3, -0.25) is 19.8 Å². The van der Waals surface area contributed by atoms with Crippen molar-refractivity contribution in [3.63, 3.8) is 0 Å². The van der Waals surface area contributed by atoms with Crippen molar-refractivity contribution in [3.8, 4) is 0 Å². The molecule has 2 aliphatic heterocycles. The van der Waals surface area contributed by atoms with Crippen LogP contribution in [0.25, 0.3) is 0 Å². The number of carbonyl (C=O) groups is 2. The molecule has 2 fully saturated rings. The topological polar surface area (TPSA) is 130 Å². The Morgan fingerprint density at radius 1 is 1.26 bits per heavy atom. The second-order valence-electron chi connectivity index (χ2n) is 8.33. The summed E-state index contributed by atoms with van der Waals surface area (Å²) >= 11 is 0. The Labute approximate surface area is 195 Å². The van der Waals surface area contributed by atoms with Gasteiger partial charge < -0.3 is 24.7 Å². The van der Waals surface area contributed by atoms with E-state index in [1.807, 2.05) is 4.90 Å². The number of nitrogens with one attached hydrogen (secondary N) is 2. The molecule has 2 N–H and O–H groups in total. The van der Waals surface area contributed by atoms with Gasteiger partial charge in [0.1, 0.15) is 22.6 Å². The molecule has 0 bridgehead atoms. The molecule has 1 aromatic carbocycles. The lowest BCUT2D eigenvalue weighted by Gasteiger charge is -2.34. The van der Waals surface area contributed by atoms with E-state index in [4.69, 9.17) is 9.15 Å². The van der Waals surface area contributed by atoms with Crippen LogP contribution in [0.4, 0.5) is 26.4 Å². The maximum Gasteiger partial charge on any atom is 0.433 e. The van der Waals surface area contributed by atoms with Crippen molar-refractivity contribution in [1.29, 1.82) is 0 Å². The lowest BCUT2D eigenvalue weighted by molar-refractivity contribution is -0.402. The first-order chi connectivity index (χ1) is 16.3. The lowest BCUT2D eigenvalue weighted by atomic mass is 10.0. The molecule has 3 heterocycles. The molecule has 0 unspecified atom stereocenters. The summed E-state index contributed by atoms with van der Waals surface area (Å²) in [7, 11) is 0. The highest BCUT2D eigenvalue weighted by Gasteiger charge is 2.33. The largest absolute Gasteiger partial charge is 0.442 e. The number of furan rings is 1. The van der Waals surface area contributed by atoms with Crippen LogP contribution in [0.2, 0.25) is 0 Å². The van der Waals surface area contributed by atoms with Gasteiger partial charge in [-0.15, -0.1) is 0 Å². The Balaban J connectivity index is 1.29. The Morgan fingerprint density at radius 3 is 2.68 bits per heavy atom. The van der Waals surface area contributed by atoms with Crippen LogP contribution in [0.5, 0.6) is 0 Å². The standard InChI is InChI=1S/C22H26FN5O6/c1-14(29)24-12-18-13-27(22(30)34-18)16-2-4-20(19(23)10-16)26-8-6-15(7-9-26)25-11-17-3-5-21(33-17)28(31)32/h2-5,10,15,18,25H,6-9,11-13H2,1H3,(H,24,29)/t18-/m0/s1. The average Bonchev–Trinajstić information content (AvgIpc) is 3.43. The smallest absolute Gasteiger partial charge is 0.433 e. The SMILES string of the molecule is CC(=O)NC[C@H]1CN(c2ccc(N3CCC(NCc4ccc([N+](=O)[O-])o4)CC3)c(F)c2)C(=O)O1. The Hall–Kier alpha value is -3.67. The van der Waals surface area contributed by atoms with Crippen molar-refractivity contribution in [2.45, 2.75) is 38.5 Å². The fraction of sp³-hybridized carbons (Fsp3) is 0.455. The van der Waals surface area contributed by atoms with E-state index in [1.54, 1.807) is 18.2 Å². The van der Waals surface area contributed by atoms with Gasteiger partial charge in [0.05, 0.1) is 37.1 Å². The third-order valence-electron chi connectivity index (χ3n) is 5.92. The van der Waals surface area contributed by atoms with Crippen molar-refractivity contribution < 1.29 is 28.1 Å². The van der Waals surface area contributed by atoms with Crippen molar-refractivity contribution in [3.05, 3.63) is 52.0 Å². The van der Waals surface area contributed by atoms with Crippen LogP contribution in [0.3, 0.4) is 0 Å². The predicted molar refractivity (Wildman–Crippen MR) is 120 cm³/mol. The molecule has 182 valence electrons. The first-order valence-corrected chi connectivity index (χ1v) is 11.0. The summed E-state index contributed by atoms with van der Waals surface area (Å²) < 4.78 is 25.3. The Bertz CT molecular complexity index is 1070. The summed E-state index contributed by atoms with van der Waals surface area (Å²) in [5, 5.41) is 16.6. The highest BCUT2D eigenvalue weighted by molar-refractivity contribution is 5.90. The minimum absolute atomic E-state index is 0.183. The lowest BCUT2D eigenvalue weighted by Crippen LogP contribution is -2.42. The number of halogens is 1. The van der Waals surface area contributed by atoms with Crippen LogP contribution in [0, 0.1) is 15.9 Å². The van der Waals surface area contributed by atoms with Crippen LogP contribution < -0.4 is 20.4 Å². The number of ether oxygens (including phenoxy) is 1. The van der Waals surface area contributed by atoms with E-state index in [0.717, 1.165) is 12.8 Å². The molecule has 4 rings (SSSR count). The molecule has 2 amide bonds. The van der Waals surface area contributed by atoms with Crippen molar-refractivity contribution in [2.24, 2.45) is 0 Å². The Morgan fingerprint density at radius 2 is 2.03 bits per heavy atom. The van der Waals surface area contributed by atoms with Gasteiger partial charge in [-0.1, -0.05) is 0 Å². The molecule has 0 radical (unpaired) electrons. The Kier molecular flexibility index (Phi) is 6.96. The molecule has 1 atom stereocenters. The number of hydrogen-bond acceptors (Lipinski definition) is 8. The van der Waals surface area contributed by atoms with Crippen molar-refractivity contribution in [1.82, 2.24) is 10.6 Å². The van der Waals surface area contributed by atoms with E-state index in [9.17, 15) is 24.1 Å². The fourth-order valence-corrected chi connectivity index (χ4v) is 4.15. The summed E-state index contributed by atoms with van der Waals surface area (Å²) in [6, 6.07) is 7.77. The predicted octanol–water partition coefficient (Wildman–Crippen LogP) is 2.55. The number of cyclic esters (lactones) is 1. The van der Waals surface area contributed by atoms with Crippen LogP contribution >= 0.6 is 0 Å². The highest BCUT2D eigenvalue weighted by Crippen LogP contribution is 2.29. The van der Waals surface area contributed by atoms with Crippen LogP contribution in [-0.4, -0.2) is 55.2 Å². The van der Waals surface area contributed by atoms with Gasteiger partial charge in [-0.05, 0) is 37.1 Å². The van der Waals surface area contributed by atoms with E-state index in [-0.39, 0.29) is 30.9 Å². The molecule has 0 aliphatic carbocycles. The number of piperidine rings is 1. The third-order valence-corrected chi connectivity index (χ3v) is 5.92. The van der Waals surface area contributed by atoms with Crippen LogP contribution in [0.1, 0.15) is 25.5 Å². The number of benzene rings is 1. The summed E-state index contributed by atoms with van der Waals surface area (Å²) in [5.41, 5.74) is 0.867. The molecular formula is C22H26FN5O6. The zero-order chi connectivity index (χ0) is 24.2. The fourth-order valence-electron chi connectivity index (χ4n) is 4.15. The number of rotatable bonds is 8. The molecule has 2 aliphatic rings. The third kappa shape index (κ3) is 5.45. The van der Waals surface area contributed by atoms with E-state index < -0.39 is 22.9 Å². The van der Waals surface area contributed by atoms with E-state index in [2.05, 4.69) is 10.6 Å². The molecule has 0 spiro atoms. The normalized spacial score (nSPS) is 18.8. The van der Waals surface area contributed by atoms with Gasteiger partial charge in [-0.25, -0.2) is 9.18 Å². The second-order valence-corrected chi connectivity index (χ2v) is 8.33. The first kappa shape index (κ1) is 23.5. The maximum atomic E-state index is 14.9. The van der Waals surface area contributed by atoms with E-state index in [1.165, 1.54) is 24.0 Å². The number of anilines is 2. The van der Waals surface area contributed by atoms with Crippen molar-refractivity contribution >= 4 is 29.3 Å². The van der Waals surface area contributed by atoms with Gasteiger partial charge in [0.15, 0.2) is 0 Å². The molecule has 12 heteroatoms. The highest BCUT2D eigenvalue weighted by atomic mass is 19.1. The van der Waals surface area contributed by atoms with Gasteiger partial charge in [0.25, 0.3) is 0 Å². The summed E-state index contributed by atoms with van der Waals surface area (Å²) in [6.07, 6.45) is 0.481. The number of hydrogen-bond donors (Lipinski definition) is 2. The number of nitro groups is 1. The number of nitrogens with zero attached hydrogens (tertiary/aromatic N) is 3. The second kappa shape index (κ2) is 10.1.